The molecule has 0 aliphatic rings. The Morgan fingerprint density at radius 1 is 1.63 bits per heavy atom. The number of nitrogens with zero attached hydrogens (tertiary/aromatic N) is 2. The second-order valence-electron chi connectivity index (χ2n) is 4.34. The van der Waals surface area contributed by atoms with Crippen molar-refractivity contribution in [1.29, 1.82) is 0 Å². The number of carbonyl (C=O) groups excluding carboxylic acids is 1. The van der Waals surface area contributed by atoms with Crippen molar-refractivity contribution in [1.82, 2.24) is 9.88 Å². The van der Waals surface area contributed by atoms with E-state index >= 15 is 0 Å². The zero-order valence-corrected chi connectivity index (χ0v) is 12.3. The molecule has 5 nitrogen and oxygen atoms in total. The van der Waals surface area contributed by atoms with Gasteiger partial charge in [-0.3, -0.25) is 4.79 Å². The number of methoxy groups -OCH3 is 1. The lowest BCUT2D eigenvalue weighted by molar-refractivity contribution is 0.0613. The number of nitrogens with two attached hydrogens (primary N) is 1. The van der Waals surface area contributed by atoms with Crippen molar-refractivity contribution in [3.05, 3.63) is 22.8 Å². The number of rotatable bonds is 6. The fraction of sp³-hybridized carbons (Fsp3) is 0.538. The molecule has 19 heavy (non-hydrogen) atoms. The van der Waals surface area contributed by atoms with Crippen LogP contribution in [0, 0.1) is 0 Å². The summed E-state index contributed by atoms with van der Waals surface area (Å²) in [6.07, 6.45) is 2.32. The van der Waals surface area contributed by atoms with E-state index in [1.54, 1.807) is 18.1 Å². The molecule has 1 aromatic heterocycles. The molecule has 1 unspecified atom stereocenters. The number of anilines is 1. The number of ether oxygens (including phenoxy) is 1. The van der Waals surface area contributed by atoms with Gasteiger partial charge in [-0.05, 0) is 19.4 Å². The van der Waals surface area contributed by atoms with Crippen molar-refractivity contribution in [3.63, 3.8) is 0 Å². The summed E-state index contributed by atoms with van der Waals surface area (Å²) in [6, 6.07) is 1.67. The molecule has 1 aromatic rings. The van der Waals surface area contributed by atoms with Gasteiger partial charge in [0.05, 0.1) is 17.2 Å². The predicted octanol–water partition coefficient (Wildman–Crippen LogP) is 2.20. The number of pyridine rings is 1. The van der Waals surface area contributed by atoms with Crippen molar-refractivity contribution in [2.24, 2.45) is 0 Å². The van der Waals surface area contributed by atoms with Gasteiger partial charge >= 0.3 is 0 Å². The van der Waals surface area contributed by atoms with Crippen LogP contribution in [0.2, 0.25) is 5.02 Å². The molecule has 0 spiro atoms. The summed E-state index contributed by atoms with van der Waals surface area (Å²) in [5, 5.41) is 0.293. The van der Waals surface area contributed by atoms with Crippen LogP contribution < -0.4 is 5.73 Å². The van der Waals surface area contributed by atoms with Crippen molar-refractivity contribution in [2.75, 3.05) is 26.0 Å². The number of carbonyl (C=O) groups is 1. The third-order valence-corrected chi connectivity index (χ3v) is 3.34. The molecule has 2 N–H and O–H groups in total. The van der Waals surface area contributed by atoms with Crippen molar-refractivity contribution in [2.45, 2.75) is 26.3 Å². The molecule has 0 radical (unpaired) electrons. The van der Waals surface area contributed by atoms with Crippen LogP contribution in [0.4, 0.5) is 5.82 Å². The Morgan fingerprint density at radius 3 is 2.84 bits per heavy atom. The Bertz CT molecular complexity index is 440. The molecule has 1 rings (SSSR count). The SMILES string of the molecule is CCC(C)N(CCOC)C(=O)c1cnc(N)c(Cl)c1. The Morgan fingerprint density at radius 2 is 2.32 bits per heavy atom. The second kappa shape index (κ2) is 7.31. The average Bonchev–Trinajstić information content (AvgIpc) is 2.41. The normalized spacial score (nSPS) is 12.2. The number of amides is 1. The minimum absolute atomic E-state index is 0.110. The predicted molar refractivity (Wildman–Crippen MR) is 76.3 cm³/mol. The van der Waals surface area contributed by atoms with E-state index in [0.29, 0.717) is 23.7 Å². The van der Waals surface area contributed by atoms with Crippen molar-refractivity contribution < 1.29 is 9.53 Å². The van der Waals surface area contributed by atoms with Crippen molar-refractivity contribution >= 4 is 23.3 Å². The highest BCUT2D eigenvalue weighted by atomic mass is 35.5. The van der Waals surface area contributed by atoms with Crippen LogP contribution in [0.15, 0.2) is 12.3 Å². The first-order chi connectivity index (χ1) is 9.01. The molecule has 1 heterocycles. The maximum absolute atomic E-state index is 12.4. The summed E-state index contributed by atoms with van der Waals surface area (Å²) in [4.78, 5) is 18.1. The van der Waals surface area contributed by atoms with Crippen LogP contribution in [-0.2, 0) is 4.74 Å². The van der Waals surface area contributed by atoms with E-state index < -0.39 is 0 Å². The average molecular weight is 286 g/mol. The van der Waals surface area contributed by atoms with Gasteiger partial charge in [-0.1, -0.05) is 18.5 Å². The molecule has 0 fully saturated rings. The monoisotopic (exact) mass is 285 g/mol. The second-order valence-corrected chi connectivity index (χ2v) is 4.75. The van der Waals surface area contributed by atoms with E-state index in [1.165, 1.54) is 6.20 Å². The quantitative estimate of drug-likeness (QED) is 0.870. The fourth-order valence-corrected chi connectivity index (χ4v) is 1.83. The molecule has 6 heteroatoms. The third-order valence-electron chi connectivity index (χ3n) is 3.04. The fourth-order valence-electron chi connectivity index (χ4n) is 1.66. The molecule has 0 saturated carbocycles. The molecular weight excluding hydrogens is 266 g/mol. The lowest BCUT2D eigenvalue weighted by Crippen LogP contribution is -2.40. The molecule has 0 bridgehead atoms. The van der Waals surface area contributed by atoms with Crippen molar-refractivity contribution in [3.8, 4) is 0 Å². The van der Waals surface area contributed by atoms with Gasteiger partial charge in [0, 0.05) is 25.9 Å². The molecule has 0 aromatic carbocycles. The third kappa shape index (κ3) is 4.08. The number of hydrogen-bond acceptors (Lipinski definition) is 4. The molecule has 106 valence electrons. The molecule has 1 atom stereocenters. The van der Waals surface area contributed by atoms with E-state index in [0.717, 1.165) is 6.42 Å². The first kappa shape index (κ1) is 15.7. The Hall–Kier alpha value is -1.33. The molecule has 1 amide bonds. The summed E-state index contributed by atoms with van der Waals surface area (Å²) in [6.45, 7) is 5.06. The van der Waals surface area contributed by atoms with E-state index in [2.05, 4.69) is 4.98 Å². The zero-order chi connectivity index (χ0) is 14.4. The smallest absolute Gasteiger partial charge is 0.255 e. The minimum Gasteiger partial charge on any atom is -0.383 e. The van der Waals surface area contributed by atoms with Gasteiger partial charge in [0.2, 0.25) is 0 Å². The summed E-state index contributed by atoms with van der Waals surface area (Å²) in [7, 11) is 1.61. The van der Waals surface area contributed by atoms with E-state index in [9.17, 15) is 4.79 Å². The van der Waals surface area contributed by atoms with Crippen LogP contribution in [0.3, 0.4) is 0 Å². The van der Waals surface area contributed by atoms with E-state index in [4.69, 9.17) is 22.1 Å². The van der Waals surface area contributed by atoms with Gasteiger partial charge in [0.25, 0.3) is 5.91 Å². The van der Waals surface area contributed by atoms with Crippen LogP contribution in [0.25, 0.3) is 0 Å². The first-order valence-corrected chi connectivity index (χ1v) is 6.60. The first-order valence-electron chi connectivity index (χ1n) is 6.22. The summed E-state index contributed by atoms with van der Waals surface area (Å²) >= 11 is 5.90. The standard InChI is InChI=1S/C13H20ClN3O2/c1-4-9(2)17(5-6-19-3)13(18)10-7-11(14)12(15)16-8-10/h7-9H,4-6H2,1-3H3,(H2,15,16). The topological polar surface area (TPSA) is 68.5 Å². The van der Waals surface area contributed by atoms with Gasteiger partial charge < -0.3 is 15.4 Å². The van der Waals surface area contributed by atoms with Gasteiger partial charge in [0.15, 0.2) is 0 Å². The largest absolute Gasteiger partial charge is 0.383 e. The summed E-state index contributed by atoms with van der Waals surface area (Å²) in [5.74, 6) is 0.117. The maximum Gasteiger partial charge on any atom is 0.255 e. The molecule has 0 aliphatic carbocycles. The lowest BCUT2D eigenvalue weighted by atomic mass is 10.1. The van der Waals surface area contributed by atoms with Gasteiger partial charge in [0.1, 0.15) is 5.82 Å². The molecule has 0 saturated heterocycles. The van der Waals surface area contributed by atoms with Crippen LogP contribution in [-0.4, -0.2) is 42.1 Å². The Labute approximate surface area is 118 Å². The van der Waals surface area contributed by atoms with Gasteiger partial charge in [-0.15, -0.1) is 0 Å². The molecular formula is C13H20ClN3O2. The maximum atomic E-state index is 12.4. The van der Waals surface area contributed by atoms with E-state index in [-0.39, 0.29) is 17.8 Å². The number of halogens is 1. The molecule has 0 aliphatic heterocycles. The van der Waals surface area contributed by atoms with E-state index in [1.807, 2.05) is 13.8 Å². The Kier molecular flexibility index (Phi) is 6.05. The number of nitrogen functional groups attached to an aromatic ring is 1. The number of aromatic nitrogens is 1. The van der Waals surface area contributed by atoms with Crippen LogP contribution >= 0.6 is 11.6 Å². The van der Waals surface area contributed by atoms with Crippen LogP contribution in [0.1, 0.15) is 30.6 Å². The lowest BCUT2D eigenvalue weighted by Gasteiger charge is -2.28. The summed E-state index contributed by atoms with van der Waals surface area (Å²) < 4.78 is 5.04. The minimum atomic E-state index is -0.110. The highest BCUT2D eigenvalue weighted by molar-refractivity contribution is 6.33. The highest BCUT2D eigenvalue weighted by Crippen LogP contribution is 2.19. The highest BCUT2D eigenvalue weighted by Gasteiger charge is 2.21. The summed E-state index contributed by atoms with van der Waals surface area (Å²) in [5.41, 5.74) is 5.98. The zero-order valence-electron chi connectivity index (χ0n) is 11.5. The van der Waals surface area contributed by atoms with Gasteiger partial charge in [-0.25, -0.2) is 4.98 Å². The van der Waals surface area contributed by atoms with Gasteiger partial charge in [-0.2, -0.15) is 0 Å². The number of hydrogen-bond donors (Lipinski definition) is 1. The van der Waals surface area contributed by atoms with Crippen LogP contribution in [0.5, 0.6) is 0 Å². The Balaban J connectivity index is 2.94.